The number of hydrogen-bond donors (Lipinski definition) is 1. The average Bonchev–Trinajstić information content (AvgIpc) is 3.22. The van der Waals surface area contributed by atoms with E-state index in [0.717, 1.165) is 5.00 Å². The van der Waals surface area contributed by atoms with Crippen LogP contribution in [0.5, 0.6) is 5.75 Å². The first-order valence-corrected chi connectivity index (χ1v) is 7.99. The maximum absolute atomic E-state index is 12.1. The minimum Gasteiger partial charge on any atom is -0.497 e. The molecule has 7 heteroatoms. The second-order valence-electron chi connectivity index (χ2n) is 5.01. The molecule has 1 aromatic heterocycles. The van der Waals surface area contributed by atoms with Crippen molar-refractivity contribution in [3.63, 3.8) is 0 Å². The third kappa shape index (κ3) is 3.45. The van der Waals surface area contributed by atoms with Gasteiger partial charge in [0.05, 0.1) is 20.2 Å². The lowest BCUT2D eigenvalue weighted by Gasteiger charge is -2.11. The molecule has 0 aliphatic carbocycles. The van der Waals surface area contributed by atoms with Crippen LogP contribution in [0.4, 0.5) is 9.80 Å². The number of thiophene rings is 1. The van der Waals surface area contributed by atoms with Crippen molar-refractivity contribution in [2.24, 2.45) is 0 Å². The number of anilines is 1. The van der Waals surface area contributed by atoms with Gasteiger partial charge in [0.1, 0.15) is 16.9 Å². The zero-order valence-corrected chi connectivity index (χ0v) is 13.3. The molecular formula is C16H16N2O4S. The topological polar surface area (TPSA) is 67.9 Å². The number of carbonyl (C=O) groups is 2. The van der Waals surface area contributed by atoms with Crippen molar-refractivity contribution in [1.82, 2.24) is 5.32 Å². The average molecular weight is 332 g/mol. The van der Waals surface area contributed by atoms with Gasteiger partial charge in [-0.05, 0) is 35.7 Å². The largest absolute Gasteiger partial charge is 0.497 e. The Morgan fingerprint density at radius 3 is 3.04 bits per heavy atom. The summed E-state index contributed by atoms with van der Waals surface area (Å²) in [6.07, 6.45) is -0.743. The second-order valence-corrected chi connectivity index (χ2v) is 5.94. The molecule has 120 valence electrons. The van der Waals surface area contributed by atoms with Gasteiger partial charge in [0.2, 0.25) is 0 Å². The van der Waals surface area contributed by atoms with Crippen LogP contribution in [0.25, 0.3) is 0 Å². The monoisotopic (exact) mass is 332 g/mol. The molecule has 1 N–H and O–H groups in total. The summed E-state index contributed by atoms with van der Waals surface area (Å²) in [4.78, 5) is 25.6. The molecule has 2 heterocycles. The van der Waals surface area contributed by atoms with Gasteiger partial charge in [0, 0.05) is 5.56 Å². The maximum atomic E-state index is 12.1. The van der Waals surface area contributed by atoms with E-state index in [1.165, 1.54) is 11.3 Å². The van der Waals surface area contributed by atoms with E-state index in [1.54, 1.807) is 36.3 Å². The van der Waals surface area contributed by atoms with E-state index >= 15 is 0 Å². The Morgan fingerprint density at radius 1 is 1.43 bits per heavy atom. The van der Waals surface area contributed by atoms with Crippen molar-refractivity contribution in [1.29, 1.82) is 0 Å². The zero-order chi connectivity index (χ0) is 16.2. The Hall–Kier alpha value is -2.54. The van der Waals surface area contributed by atoms with E-state index < -0.39 is 0 Å². The SMILES string of the molecule is COc1cccc(C(=O)NCC2CN(c3cccs3)C(=O)O2)c1. The van der Waals surface area contributed by atoms with Crippen LogP contribution in [0.15, 0.2) is 41.8 Å². The number of cyclic esters (lactones) is 1. The molecule has 2 amide bonds. The van der Waals surface area contributed by atoms with E-state index in [2.05, 4.69) is 5.32 Å². The first kappa shape index (κ1) is 15.4. The lowest BCUT2D eigenvalue weighted by Crippen LogP contribution is -2.34. The Morgan fingerprint density at radius 2 is 2.30 bits per heavy atom. The van der Waals surface area contributed by atoms with E-state index in [1.807, 2.05) is 17.5 Å². The Kier molecular flexibility index (Phi) is 4.47. The quantitative estimate of drug-likeness (QED) is 0.913. The predicted molar refractivity (Wildman–Crippen MR) is 87.3 cm³/mol. The predicted octanol–water partition coefficient (Wildman–Crippen LogP) is 2.51. The van der Waals surface area contributed by atoms with E-state index in [-0.39, 0.29) is 24.6 Å². The molecule has 1 saturated heterocycles. The lowest BCUT2D eigenvalue weighted by molar-refractivity contribution is 0.0916. The molecule has 0 bridgehead atoms. The van der Waals surface area contributed by atoms with Crippen molar-refractivity contribution in [3.05, 3.63) is 47.3 Å². The number of nitrogens with one attached hydrogen (secondary N) is 1. The molecule has 1 fully saturated rings. The molecule has 1 aliphatic rings. The van der Waals surface area contributed by atoms with Gasteiger partial charge in [-0.2, -0.15) is 0 Å². The smallest absolute Gasteiger partial charge is 0.415 e. The van der Waals surface area contributed by atoms with Crippen LogP contribution in [-0.4, -0.2) is 38.3 Å². The summed E-state index contributed by atoms with van der Waals surface area (Å²) >= 11 is 1.48. The van der Waals surface area contributed by atoms with Gasteiger partial charge in [-0.15, -0.1) is 11.3 Å². The van der Waals surface area contributed by atoms with Gasteiger partial charge in [0.15, 0.2) is 0 Å². The number of amides is 2. The highest BCUT2D eigenvalue weighted by Gasteiger charge is 2.33. The molecule has 3 rings (SSSR count). The maximum Gasteiger partial charge on any atom is 0.415 e. The first-order valence-electron chi connectivity index (χ1n) is 7.11. The first-order chi connectivity index (χ1) is 11.2. The minimum absolute atomic E-state index is 0.227. The van der Waals surface area contributed by atoms with Gasteiger partial charge in [-0.3, -0.25) is 9.69 Å². The number of carbonyl (C=O) groups excluding carboxylic acids is 2. The highest BCUT2D eigenvalue weighted by atomic mass is 32.1. The molecule has 0 saturated carbocycles. The molecule has 1 aliphatic heterocycles. The summed E-state index contributed by atoms with van der Waals surface area (Å²) in [6.45, 7) is 0.696. The Labute approximate surface area is 137 Å². The van der Waals surface area contributed by atoms with Crippen molar-refractivity contribution >= 4 is 28.3 Å². The summed E-state index contributed by atoms with van der Waals surface area (Å²) < 4.78 is 10.4. The molecule has 6 nitrogen and oxygen atoms in total. The molecule has 2 aromatic rings. The molecule has 0 spiro atoms. The van der Waals surface area contributed by atoms with E-state index in [9.17, 15) is 9.59 Å². The van der Waals surface area contributed by atoms with E-state index in [4.69, 9.17) is 9.47 Å². The van der Waals surface area contributed by atoms with Crippen LogP contribution in [0.3, 0.4) is 0 Å². The van der Waals surface area contributed by atoms with Gasteiger partial charge in [-0.1, -0.05) is 6.07 Å². The van der Waals surface area contributed by atoms with Gasteiger partial charge >= 0.3 is 6.09 Å². The highest BCUT2D eigenvalue weighted by molar-refractivity contribution is 7.14. The second kappa shape index (κ2) is 6.70. The lowest BCUT2D eigenvalue weighted by atomic mass is 10.2. The zero-order valence-electron chi connectivity index (χ0n) is 12.5. The third-order valence-corrected chi connectivity index (χ3v) is 4.36. The molecule has 1 aromatic carbocycles. The van der Waals surface area contributed by atoms with Crippen molar-refractivity contribution in [2.75, 3.05) is 25.1 Å². The van der Waals surface area contributed by atoms with Crippen LogP contribution in [0, 0.1) is 0 Å². The summed E-state index contributed by atoms with van der Waals surface area (Å²) in [7, 11) is 1.55. The van der Waals surface area contributed by atoms with Crippen molar-refractivity contribution in [2.45, 2.75) is 6.10 Å². The van der Waals surface area contributed by atoms with Gasteiger partial charge in [-0.25, -0.2) is 4.79 Å². The van der Waals surface area contributed by atoms with Crippen LogP contribution < -0.4 is 15.0 Å². The molecule has 1 atom stereocenters. The number of nitrogens with zero attached hydrogens (tertiary/aromatic N) is 1. The third-order valence-electron chi connectivity index (χ3n) is 3.47. The number of rotatable bonds is 5. The van der Waals surface area contributed by atoms with Crippen LogP contribution in [-0.2, 0) is 4.74 Å². The summed E-state index contributed by atoms with van der Waals surface area (Å²) in [5.41, 5.74) is 0.504. The molecular weight excluding hydrogens is 316 g/mol. The molecule has 23 heavy (non-hydrogen) atoms. The fourth-order valence-corrected chi connectivity index (χ4v) is 3.03. The summed E-state index contributed by atoms with van der Waals surface area (Å²) in [6, 6.07) is 10.6. The summed E-state index contributed by atoms with van der Waals surface area (Å²) in [5, 5.41) is 5.53. The van der Waals surface area contributed by atoms with Gasteiger partial charge < -0.3 is 14.8 Å². The standard InChI is InChI=1S/C16H16N2O4S/c1-21-12-5-2-4-11(8-12)15(19)17-9-13-10-18(16(20)22-13)14-6-3-7-23-14/h2-8,13H,9-10H2,1H3,(H,17,19). The highest BCUT2D eigenvalue weighted by Crippen LogP contribution is 2.26. The van der Waals surface area contributed by atoms with Crippen molar-refractivity contribution < 1.29 is 19.1 Å². The van der Waals surface area contributed by atoms with Crippen LogP contribution >= 0.6 is 11.3 Å². The fourth-order valence-electron chi connectivity index (χ4n) is 2.30. The normalized spacial score (nSPS) is 17.0. The fraction of sp³-hybridized carbons (Fsp3) is 0.250. The summed E-state index contributed by atoms with van der Waals surface area (Å²) in [5.74, 6) is 0.392. The molecule has 1 unspecified atom stereocenters. The van der Waals surface area contributed by atoms with Gasteiger partial charge in [0.25, 0.3) is 5.91 Å². The Bertz CT molecular complexity index is 702. The Balaban J connectivity index is 1.56. The minimum atomic E-state index is -0.381. The van der Waals surface area contributed by atoms with Crippen LogP contribution in [0.2, 0.25) is 0 Å². The molecule has 0 radical (unpaired) electrons. The van der Waals surface area contributed by atoms with Crippen LogP contribution in [0.1, 0.15) is 10.4 Å². The number of ether oxygens (including phenoxy) is 2. The number of hydrogen-bond acceptors (Lipinski definition) is 5. The number of methoxy groups -OCH3 is 1. The van der Waals surface area contributed by atoms with E-state index in [0.29, 0.717) is 17.9 Å². The van der Waals surface area contributed by atoms with Crippen molar-refractivity contribution in [3.8, 4) is 5.75 Å². The number of benzene rings is 1.